The number of anilines is 5. The Hall–Kier alpha value is -6.43. The number of nitrogens with zero attached hydrogens (tertiary/aromatic N) is 5. The van der Waals surface area contributed by atoms with Crippen molar-refractivity contribution in [2.24, 2.45) is 5.41 Å². The molecule has 0 saturated carbocycles. The maximum absolute atomic E-state index is 15.4. The third-order valence-corrected chi connectivity index (χ3v) is 11.2. The maximum Gasteiger partial charge on any atom is 0.421 e. The highest BCUT2D eigenvalue weighted by Crippen LogP contribution is 2.43. The summed E-state index contributed by atoms with van der Waals surface area (Å²) in [5.74, 6) is -4.00. The topological polar surface area (TPSA) is 169 Å². The van der Waals surface area contributed by atoms with Crippen LogP contribution in [0.1, 0.15) is 67.9 Å². The molecule has 3 fully saturated rings. The molecule has 1 unspecified atom stereocenters. The molecular formula is C40H37F4N9O5. The van der Waals surface area contributed by atoms with E-state index in [1.165, 1.54) is 25.2 Å². The third-order valence-electron chi connectivity index (χ3n) is 11.2. The first-order chi connectivity index (χ1) is 27.7. The molecule has 0 aliphatic carbocycles. The molecule has 8 rings (SSSR count). The van der Waals surface area contributed by atoms with Crippen molar-refractivity contribution < 1.29 is 41.5 Å². The van der Waals surface area contributed by atoms with E-state index in [0.717, 1.165) is 36.5 Å². The Morgan fingerprint density at radius 3 is 2.40 bits per heavy atom. The highest BCUT2D eigenvalue weighted by atomic mass is 19.4. The molecule has 0 radical (unpaired) electrons. The lowest BCUT2D eigenvalue weighted by molar-refractivity contribution is -0.138. The van der Waals surface area contributed by atoms with Gasteiger partial charge in [0.1, 0.15) is 23.2 Å². The summed E-state index contributed by atoms with van der Waals surface area (Å²) in [4.78, 5) is 75.9. The number of nitrogens with one attached hydrogen (secondary N) is 4. The summed E-state index contributed by atoms with van der Waals surface area (Å²) in [5.41, 5.74) is 1.05. The van der Waals surface area contributed by atoms with E-state index >= 15 is 4.39 Å². The highest BCUT2D eigenvalue weighted by Gasteiger charge is 2.47. The van der Waals surface area contributed by atoms with Crippen LogP contribution in [0.2, 0.25) is 0 Å². The molecule has 5 heterocycles. The van der Waals surface area contributed by atoms with E-state index in [4.69, 9.17) is 0 Å². The van der Waals surface area contributed by atoms with Gasteiger partial charge < -0.3 is 20.9 Å². The van der Waals surface area contributed by atoms with Crippen LogP contribution in [0.25, 0.3) is 0 Å². The van der Waals surface area contributed by atoms with E-state index in [1.807, 2.05) is 0 Å². The number of hydrogen-bond acceptors (Lipinski definition) is 11. The number of imide groups is 2. The van der Waals surface area contributed by atoms with E-state index in [1.54, 1.807) is 42.5 Å². The summed E-state index contributed by atoms with van der Waals surface area (Å²) in [6, 6.07) is 14.6. The van der Waals surface area contributed by atoms with Crippen LogP contribution < -0.4 is 26.2 Å². The second kappa shape index (κ2) is 14.8. The van der Waals surface area contributed by atoms with Gasteiger partial charge in [0.05, 0.1) is 22.4 Å². The number of alkyl halides is 3. The second-order valence-electron chi connectivity index (χ2n) is 14.9. The van der Waals surface area contributed by atoms with Crippen molar-refractivity contribution in [3.63, 3.8) is 0 Å². The van der Waals surface area contributed by atoms with Gasteiger partial charge in [-0.25, -0.2) is 9.37 Å². The fourth-order valence-corrected chi connectivity index (χ4v) is 8.15. The van der Waals surface area contributed by atoms with Gasteiger partial charge in [-0.3, -0.25) is 39.1 Å². The molecular weight excluding hydrogens is 762 g/mol. The van der Waals surface area contributed by atoms with Crippen LogP contribution in [0.4, 0.5) is 46.4 Å². The SMILES string of the molecule is CNC(=O)c1ccccc1Nc1nc(Nc2ccc(CN3CC4(CCN(c5ccc6c(c5)C(=O)N(C5CCC(=O)NC5=O)C6=O)CC4)C3)c(F)c2)ncc1C(F)(F)F. The predicted octanol–water partition coefficient (Wildman–Crippen LogP) is 4.98. The van der Waals surface area contributed by atoms with Gasteiger partial charge in [0.25, 0.3) is 17.7 Å². The number of carbonyl (C=O) groups excluding carboxylic acids is 5. The van der Waals surface area contributed by atoms with E-state index < -0.39 is 59.0 Å². The van der Waals surface area contributed by atoms with Gasteiger partial charge in [0.15, 0.2) is 0 Å². The number of halogens is 4. The summed E-state index contributed by atoms with van der Waals surface area (Å²) in [7, 11) is 1.40. The van der Waals surface area contributed by atoms with Crippen LogP contribution in [0.3, 0.4) is 0 Å². The zero-order valence-corrected chi connectivity index (χ0v) is 31.1. The Morgan fingerprint density at radius 1 is 0.948 bits per heavy atom. The van der Waals surface area contributed by atoms with Crippen molar-refractivity contribution in [3.8, 4) is 0 Å². The number of piperidine rings is 2. The molecule has 5 amide bonds. The molecule has 4 aliphatic rings. The van der Waals surface area contributed by atoms with Crippen LogP contribution >= 0.6 is 0 Å². The molecule has 3 saturated heterocycles. The number of fused-ring (bicyclic) bond motifs is 1. The van der Waals surface area contributed by atoms with E-state index in [0.29, 0.717) is 31.4 Å². The van der Waals surface area contributed by atoms with Gasteiger partial charge in [0.2, 0.25) is 17.8 Å². The Bertz CT molecular complexity index is 2360. The number of para-hydroxylation sites is 1. The summed E-state index contributed by atoms with van der Waals surface area (Å²) in [5, 5.41) is 10.0. The molecule has 4 aromatic rings. The third kappa shape index (κ3) is 7.30. The molecule has 18 heteroatoms. The number of carbonyl (C=O) groups is 5. The van der Waals surface area contributed by atoms with Crippen molar-refractivity contribution in [2.45, 2.75) is 44.4 Å². The van der Waals surface area contributed by atoms with Gasteiger partial charge in [-0.15, -0.1) is 0 Å². The van der Waals surface area contributed by atoms with Crippen LogP contribution in [0, 0.1) is 11.2 Å². The average Bonchev–Trinajstić information content (AvgIpc) is 3.43. The zero-order chi connectivity index (χ0) is 40.9. The van der Waals surface area contributed by atoms with Crippen LogP contribution in [0.15, 0.2) is 66.9 Å². The molecule has 14 nitrogen and oxygen atoms in total. The molecule has 1 atom stereocenters. The van der Waals surface area contributed by atoms with E-state index in [2.05, 4.69) is 41.0 Å². The Labute approximate surface area is 329 Å². The minimum atomic E-state index is -4.80. The normalized spacial score (nSPS) is 19.2. The monoisotopic (exact) mass is 799 g/mol. The first kappa shape index (κ1) is 38.4. The summed E-state index contributed by atoms with van der Waals surface area (Å²) in [6.45, 7) is 3.30. The predicted molar refractivity (Wildman–Crippen MR) is 202 cm³/mol. The summed E-state index contributed by atoms with van der Waals surface area (Å²) in [6.07, 6.45) is -2.33. The number of benzene rings is 3. The number of likely N-dealkylation sites (tertiary alicyclic amines) is 1. The van der Waals surface area contributed by atoms with Crippen LogP contribution in [-0.2, 0) is 22.3 Å². The van der Waals surface area contributed by atoms with Gasteiger partial charge in [-0.2, -0.15) is 18.2 Å². The molecule has 3 aromatic carbocycles. The first-order valence-corrected chi connectivity index (χ1v) is 18.6. The minimum absolute atomic E-state index is 0.0473. The number of hydrogen-bond donors (Lipinski definition) is 4. The second-order valence-corrected chi connectivity index (χ2v) is 14.9. The van der Waals surface area contributed by atoms with Crippen LogP contribution in [0.5, 0.6) is 0 Å². The smallest absolute Gasteiger partial charge is 0.371 e. The standard InChI is InChI=1S/C40H37F4N9O5/c1-45-34(55)26-4-2-3-5-30(26)48-33-28(40(42,43)44)18-46-38(50-33)47-23-7-6-22(29(41)16-23)19-51-20-39(21-51)12-14-52(15-13-39)24-8-9-25-27(17-24)37(58)53(36(25)57)31-10-11-32(54)49-35(31)56/h2-9,16-18,31H,10-15,19-21H2,1H3,(H,45,55)(H,49,54,56)(H2,46,47,48,50). The van der Waals surface area contributed by atoms with Crippen molar-refractivity contribution >= 4 is 58.4 Å². The van der Waals surface area contributed by atoms with Gasteiger partial charge >= 0.3 is 6.18 Å². The van der Waals surface area contributed by atoms with E-state index in [-0.39, 0.29) is 52.3 Å². The zero-order valence-electron chi connectivity index (χ0n) is 31.1. The molecule has 0 bridgehead atoms. The molecule has 4 aliphatic heterocycles. The van der Waals surface area contributed by atoms with Gasteiger partial charge in [-0.1, -0.05) is 18.2 Å². The fraction of sp³-hybridized carbons (Fsp3) is 0.325. The van der Waals surface area contributed by atoms with Crippen molar-refractivity contribution in [3.05, 3.63) is 100 Å². The largest absolute Gasteiger partial charge is 0.421 e. The van der Waals surface area contributed by atoms with Gasteiger partial charge in [0, 0.05) is 69.3 Å². The van der Waals surface area contributed by atoms with Crippen molar-refractivity contribution in [1.29, 1.82) is 0 Å². The molecule has 58 heavy (non-hydrogen) atoms. The van der Waals surface area contributed by atoms with Crippen LogP contribution in [-0.4, -0.2) is 88.6 Å². The number of aromatic nitrogens is 2. The fourth-order valence-electron chi connectivity index (χ4n) is 8.15. The number of amides is 5. The molecule has 1 spiro atoms. The Kier molecular flexibility index (Phi) is 9.82. The quantitative estimate of drug-likeness (QED) is 0.133. The van der Waals surface area contributed by atoms with Gasteiger partial charge in [-0.05, 0) is 67.1 Å². The van der Waals surface area contributed by atoms with Crippen molar-refractivity contribution in [1.82, 2.24) is 30.4 Å². The minimum Gasteiger partial charge on any atom is -0.371 e. The highest BCUT2D eigenvalue weighted by molar-refractivity contribution is 6.23. The summed E-state index contributed by atoms with van der Waals surface area (Å²) < 4.78 is 57.1. The maximum atomic E-state index is 15.4. The van der Waals surface area contributed by atoms with E-state index in [9.17, 15) is 37.1 Å². The Morgan fingerprint density at radius 2 is 1.69 bits per heavy atom. The first-order valence-electron chi connectivity index (χ1n) is 18.6. The lowest BCUT2D eigenvalue weighted by Gasteiger charge is -2.54. The lowest BCUT2D eigenvalue weighted by Crippen LogP contribution is -2.59. The Balaban J connectivity index is 0.869. The molecule has 1 aromatic heterocycles. The number of rotatable bonds is 9. The average molecular weight is 800 g/mol. The summed E-state index contributed by atoms with van der Waals surface area (Å²) >= 11 is 0. The lowest BCUT2D eigenvalue weighted by atomic mass is 9.71. The molecule has 4 N–H and O–H groups in total. The molecule has 300 valence electrons. The van der Waals surface area contributed by atoms with Crippen molar-refractivity contribution in [2.75, 3.05) is 48.8 Å².